The van der Waals surface area contributed by atoms with Crippen molar-refractivity contribution in [2.45, 2.75) is 32.4 Å². The predicted molar refractivity (Wildman–Crippen MR) is 79.1 cm³/mol. The number of hydrogen-bond donors (Lipinski definition) is 1. The van der Waals surface area contributed by atoms with Crippen molar-refractivity contribution in [3.05, 3.63) is 12.5 Å². The van der Waals surface area contributed by atoms with Crippen LogP contribution >= 0.6 is 0 Å². The lowest BCUT2D eigenvalue weighted by molar-refractivity contribution is 0.0799. The Hall–Kier alpha value is -1.80. The molecule has 0 unspecified atom stereocenters. The largest absolute Gasteiger partial charge is 0.359 e. The Labute approximate surface area is 117 Å². The van der Waals surface area contributed by atoms with E-state index in [1.165, 1.54) is 6.33 Å². The average molecular weight is 290 g/mol. The number of aromatic nitrogens is 6. The van der Waals surface area contributed by atoms with Crippen molar-refractivity contribution >= 4 is 30.3 Å². The number of rotatable bonds is 5. The van der Waals surface area contributed by atoms with Gasteiger partial charge >= 0.3 is 0 Å². The zero-order valence-electron chi connectivity index (χ0n) is 11.9. The van der Waals surface area contributed by atoms with E-state index in [1.54, 1.807) is 10.9 Å². The minimum absolute atomic E-state index is 0.424. The molecule has 8 heteroatoms. The minimum Gasteiger partial charge on any atom is -0.359 e. The summed E-state index contributed by atoms with van der Waals surface area (Å²) in [5.41, 5.74) is 3.00. The van der Waals surface area contributed by atoms with Crippen LogP contribution in [0.2, 0.25) is 25.7 Å². The van der Waals surface area contributed by atoms with Crippen LogP contribution in [0.15, 0.2) is 12.5 Å². The third kappa shape index (κ3) is 2.56. The first-order chi connectivity index (χ1) is 9.54. The van der Waals surface area contributed by atoms with E-state index in [-0.39, 0.29) is 0 Å². The smallest absolute Gasteiger partial charge is 0.181 e. The lowest BCUT2D eigenvalue weighted by atomic mass is 10.4. The van der Waals surface area contributed by atoms with Crippen molar-refractivity contribution in [2.75, 3.05) is 6.61 Å². The summed E-state index contributed by atoms with van der Waals surface area (Å²) in [5.74, 6) is 0. The molecule has 0 atom stereocenters. The summed E-state index contributed by atoms with van der Waals surface area (Å²) in [4.78, 5) is 12.7. The summed E-state index contributed by atoms with van der Waals surface area (Å²) in [6.07, 6.45) is 3.23. The highest BCUT2D eigenvalue weighted by atomic mass is 28.3. The quantitative estimate of drug-likeness (QED) is 0.574. The van der Waals surface area contributed by atoms with Gasteiger partial charge in [0.25, 0.3) is 0 Å². The molecule has 0 bridgehead atoms. The molecule has 3 rings (SSSR count). The van der Waals surface area contributed by atoms with Crippen LogP contribution in [0.25, 0.3) is 22.2 Å². The summed E-state index contributed by atoms with van der Waals surface area (Å²) in [6.45, 7) is 8.19. The highest BCUT2D eigenvalue weighted by molar-refractivity contribution is 6.76. The zero-order valence-corrected chi connectivity index (χ0v) is 12.9. The second-order valence-corrected chi connectivity index (χ2v) is 11.6. The van der Waals surface area contributed by atoms with Gasteiger partial charge in [-0.3, -0.25) is 0 Å². The highest BCUT2D eigenvalue weighted by Crippen LogP contribution is 2.17. The molecule has 0 saturated carbocycles. The van der Waals surface area contributed by atoms with Crippen molar-refractivity contribution in [2.24, 2.45) is 0 Å². The zero-order chi connectivity index (χ0) is 14.2. The van der Waals surface area contributed by atoms with Crippen LogP contribution in [0, 0.1) is 0 Å². The Morgan fingerprint density at radius 2 is 2.05 bits per heavy atom. The number of ether oxygens (including phenoxy) is 1. The third-order valence-corrected chi connectivity index (χ3v) is 4.83. The normalized spacial score (nSPS) is 12.6. The molecular weight excluding hydrogens is 272 g/mol. The molecule has 1 N–H and O–H groups in total. The van der Waals surface area contributed by atoms with Crippen molar-refractivity contribution in [1.82, 2.24) is 29.9 Å². The van der Waals surface area contributed by atoms with E-state index in [0.29, 0.717) is 6.73 Å². The van der Waals surface area contributed by atoms with Crippen LogP contribution < -0.4 is 0 Å². The topological polar surface area (TPSA) is 81.5 Å². The standard InChI is InChI=1S/C12H18N6OSi/c1-20(2,3)5-4-19-8-18-12-11(16-17-18)10-9(6-13-12)14-7-15-10/h6-7,17H,4-5,8H2,1-3H3. The number of aromatic amines is 1. The average Bonchev–Trinajstić information content (AvgIpc) is 2.99. The molecule has 0 saturated heterocycles. The number of imidazole rings is 1. The molecule has 106 valence electrons. The van der Waals surface area contributed by atoms with E-state index in [2.05, 4.69) is 44.9 Å². The second-order valence-electron chi connectivity index (χ2n) is 6.03. The molecule has 7 nitrogen and oxygen atoms in total. The molecule has 3 heterocycles. The van der Waals surface area contributed by atoms with E-state index >= 15 is 0 Å². The monoisotopic (exact) mass is 290 g/mol. The first kappa shape index (κ1) is 13.2. The Morgan fingerprint density at radius 3 is 2.85 bits per heavy atom. The third-order valence-electron chi connectivity index (χ3n) is 3.13. The molecule has 3 aromatic rings. The van der Waals surface area contributed by atoms with Gasteiger partial charge in [-0.25, -0.2) is 24.8 Å². The number of nitrogens with zero attached hydrogens (tertiary/aromatic N) is 5. The molecule has 0 aliphatic rings. The van der Waals surface area contributed by atoms with Crippen molar-refractivity contribution in [3.63, 3.8) is 0 Å². The van der Waals surface area contributed by atoms with Crippen LogP contribution in [-0.2, 0) is 11.5 Å². The Balaban J connectivity index is 1.76. The van der Waals surface area contributed by atoms with Crippen molar-refractivity contribution in [3.8, 4) is 0 Å². The molecule has 0 fully saturated rings. The summed E-state index contributed by atoms with van der Waals surface area (Å²) in [5, 5.41) is 7.16. The van der Waals surface area contributed by atoms with Gasteiger partial charge in [0.2, 0.25) is 0 Å². The fourth-order valence-corrected chi connectivity index (χ4v) is 2.68. The van der Waals surface area contributed by atoms with Gasteiger partial charge in [0.15, 0.2) is 11.2 Å². The Morgan fingerprint density at radius 1 is 1.20 bits per heavy atom. The molecule has 0 spiro atoms. The maximum absolute atomic E-state index is 5.71. The molecule has 0 aromatic carbocycles. The molecular formula is C12H18N6OSi. The maximum atomic E-state index is 5.71. The Kier molecular flexibility index (Phi) is 3.26. The van der Waals surface area contributed by atoms with Gasteiger partial charge in [-0.15, -0.1) is 0 Å². The maximum Gasteiger partial charge on any atom is 0.181 e. The highest BCUT2D eigenvalue weighted by Gasteiger charge is 2.13. The van der Waals surface area contributed by atoms with Crippen molar-refractivity contribution < 1.29 is 4.74 Å². The molecule has 0 aliphatic carbocycles. The number of nitrogens with one attached hydrogen (secondary N) is 1. The molecule has 0 aliphatic heterocycles. The van der Waals surface area contributed by atoms with Crippen LogP contribution in [0.5, 0.6) is 0 Å². The molecule has 0 radical (unpaired) electrons. The van der Waals surface area contributed by atoms with Gasteiger partial charge < -0.3 is 4.74 Å². The van der Waals surface area contributed by atoms with Gasteiger partial charge in [-0.1, -0.05) is 19.6 Å². The van der Waals surface area contributed by atoms with Crippen LogP contribution in [0.1, 0.15) is 0 Å². The molecule has 3 aromatic heterocycles. The van der Waals surface area contributed by atoms with Gasteiger partial charge in [0.1, 0.15) is 24.1 Å². The van der Waals surface area contributed by atoms with E-state index in [1.807, 2.05) is 0 Å². The fraction of sp³-hybridized carbons (Fsp3) is 0.500. The Bertz CT molecular complexity index is 728. The fourth-order valence-electron chi connectivity index (χ4n) is 1.92. The SMILES string of the molecule is C[Si](C)(C)CCOCn1[nH]nc2c3ncnc3cnc21. The lowest BCUT2D eigenvalue weighted by Crippen LogP contribution is -2.22. The van der Waals surface area contributed by atoms with Gasteiger partial charge in [-0.05, 0) is 6.04 Å². The first-order valence-corrected chi connectivity index (χ1v) is 10.3. The van der Waals surface area contributed by atoms with E-state index in [0.717, 1.165) is 34.8 Å². The van der Waals surface area contributed by atoms with E-state index < -0.39 is 8.07 Å². The van der Waals surface area contributed by atoms with E-state index in [4.69, 9.17) is 4.74 Å². The predicted octanol–water partition coefficient (Wildman–Crippen LogP) is 2.01. The van der Waals surface area contributed by atoms with Crippen LogP contribution in [0.3, 0.4) is 0 Å². The minimum atomic E-state index is -1.05. The summed E-state index contributed by atoms with van der Waals surface area (Å²) < 4.78 is 7.49. The molecule has 0 amide bonds. The van der Waals surface area contributed by atoms with E-state index in [9.17, 15) is 0 Å². The first-order valence-electron chi connectivity index (χ1n) is 6.63. The van der Waals surface area contributed by atoms with Gasteiger partial charge in [-0.2, -0.15) is 5.10 Å². The number of H-pyrrole nitrogens is 1. The number of hydrogen-bond acceptors (Lipinski definition) is 5. The summed E-state index contributed by atoms with van der Waals surface area (Å²) in [6, 6.07) is 1.14. The number of pyridine rings is 1. The van der Waals surface area contributed by atoms with Crippen LogP contribution in [-0.4, -0.2) is 44.6 Å². The van der Waals surface area contributed by atoms with Crippen molar-refractivity contribution in [1.29, 1.82) is 0 Å². The number of fused-ring (bicyclic) bond motifs is 3. The lowest BCUT2D eigenvalue weighted by Gasteiger charge is -2.15. The summed E-state index contributed by atoms with van der Waals surface area (Å²) in [7, 11) is -1.05. The summed E-state index contributed by atoms with van der Waals surface area (Å²) >= 11 is 0. The van der Waals surface area contributed by atoms with Gasteiger partial charge in [0, 0.05) is 14.7 Å². The molecule has 20 heavy (non-hydrogen) atoms. The van der Waals surface area contributed by atoms with Crippen LogP contribution in [0.4, 0.5) is 0 Å². The van der Waals surface area contributed by atoms with Gasteiger partial charge in [0.05, 0.1) is 6.20 Å². The second kappa shape index (κ2) is 4.95.